The maximum Gasteiger partial charge on any atom is 0.276 e. The van der Waals surface area contributed by atoms with Crippen molar-refractivity contribution in [3.8, 4) is 11.6 Å². The molecule has 1 saturated heterocycles. The molecule has 4 rings (SSSR count). The van der Waals surface area contributed by atoms with Crippen molar-refractivity contribution in [3.63, 3.8) is 0 Å². The van der Waals surface area contributed by atoms with Crippen LogP contribution in [0.25, 0.3) is 11.6 Å². The van der Waals surface area contributed by atoms with Crippen LogP contribution in [0.1, 0.15) is 49.4 Å². The summed E-state index contributed by atoms with van der Waals surface area (Å²) in [6, 6.07) is 15.6. The highest BCUT2D eigenvalue weighted by Crippen LogP contribution is 2.30. The van der Waals surface area contributed by atoms with Gasteiger partial charge in [0.2, 0.25) is 5.91 Å². The first-order valence-corrected chi connectivity index (χ1v) is 9.85. The Hall–Kier alpha value is -3.02. The third-order valence-electron chi connectivity index (χ3n) is 5.33. The van der Waals surface area contributed by atoms with Gasteiger partial charge < -0.3 is 9.42 Å². The molecule has 2 aromatic heterocycles. The molecule has 144 valence electrons. The number of benzene rings is 1. The van der Waals surface area contributed by atoms with E-state index >= 15 is 0 Å². The standard InChI is InChI=1S/C22H24N4O2/c1-2-18(16-9-4-3-5-10-16)22(27)26-14-8-11-17(15-26)20-24-21(28-25-20)19-12-6-7-13-23-19/h3-7,9-10,12-13,17-18H,2,8,11,14-15H2,1H3. The zero-order valence-electron chi connectivity index (χ0n) is 16.0. The molecule has 2 atom stereocenters. The maximum atomic E-state index is 13.2. The van der Waals surface area contributed by atoms with Crippen LogP contribution in [0.3, 0.4) is 0 Å². The van der Waals surface area contributed by atoms with E-state index in [1.165, 1.54) is 0 Å². The SMILES string of the molecule is CCC(C(=O)N1CCCC(c2noc(-c3ccccn3)n2)C1)c1ccccc1. The second kappa shape index (κ2) is 8.33. The molecule has 1 amide bonds. The molecule has 2 unspecified atom stereocenters. The topological polar surface area (TPSA) is 72.1 Å². The summed E-state index contributed by atoms with van der Waals surface area (Å²) < 4.78 is 5.41. The first kappa shape index (κ1) is 18.3. The van der Waals surface area contributed by atoms with E-state index in [9.17, 15) is 4.79 Å². The molecule has 6 heteroatoms. The van der Waals surface area contributed by atoms with E-state index in [-0.39, 0.29) is 17.7 Å². The number of hydrogen-bond donors (Lipinski definition) is 0. The second-order valence-electron chi connectivity index (χ2n) is 7.17. The first-order valence-electron chi connectivity index (χ1n) is 9.85. The number of rotatable bonds is 5. The highest BCUT2D eigenvalue weighted by Gasteiger charge is 2.31. The van der Waals surface area contributed by atoms with Gasteiger partial charge in [0.15, 0.2) is 5.82 Å². The van der Waals surface area contributed by atoms with Crippen molar-refractivity contribution < 1.29 is 9.32 Å². The monoisotopic (exact) mass is 376 g/mol. The Labute approximate surface area is 164 Å². The first-order chi connectivity index (χ1) is 13.8. The van der Waals surface area contributed by atoms with E-state index in [4.69, 9.17) is 4.52 Å². The summed E-state index contributed by atoms with van der Waals surface area (Å²) in [5.74, 6) is 1.26. The molecule has 1 aromatic carbocycles. The molecule has 1 aliphatic rings. The van der Waals surface area contributed by atoms with Crippen LogP contribution < -0.4 is 0 Å². The number of amides is 1. The van der Waals surface area contributed by atoms with Gasteiger partial charge in [-0.05, 0) is 37.0 Å². The van der Waals surface area contributed by atoms with Gasteiger partial charge in [0.25, 0.3) is 5.89 Å². The van der Waals surface area contributed by atoms with Crippen LogP contribution in [0, 0.1) is 0 Å². The van der Waals surface area contributed by atoms with Gasteiger partial charge in [-0.3, -0.25) is 9.78 Å². The summed E-state index contributed by atoms with van der Waals surface area (Å²) in [6.07, 6.45) is 4.38. The number of likely N-dealkylation sites (tertiary alicyclic amines) is 1. The van der Waals surface area contributed by atoms with Gasteiger partial charge in [-0.2, -0.15) is 4.98 Å². The number of nitrogens with zero attached hydrogens (tertiary/aromatic N) is 4. The Morgan fingerprint density at radius 3 is 2.79 bits per heavy atom. The zero-order chi connectivity index (χ0) is 19.3. The van der Waals surface area contributed by atoms with Crippen LogP contribution >= 0.6 is 0 Å². The van der Waals surface area contributed by atoms with Gasteiger partial charge in [0.1, 0.15) is 5.69 Å². The lowest BCUT2D eigenvalue weighted by Crippen LogP contribution is -2.41. The maximum absolute atomic E-state index is 13.2. The average molecular weight is 376 g/mol. The Bertz CT molecular complexity index is 911. The zero-order valence-corrected chi connectivity index (χ0v) is 16.0. The Kier molecular flexibility index (Phi) is 5.46. The van der Waals surface area contributed by atoms with Crippen LogP contribution in [-0.2, 0) is 4.79 Å². The number of pyridine rings is 1. The molecule has 1 aliphatic heterocycles. The highest BCUT2D eigenvalue weighted by molar-refractivity contribution is 5.83. The minimum absolute atomic E-state index is 0.0900. The van der Waals surface area contributed by atoms with Crippen LogP contribution in [0.15, 0.2) is 59.3 Å². The number of piperidine rings is 1. The molecule has 0 spiro atoms. The highest BCUT2D eigenvalue weighted by atomic mass is 16.5. The summed E-state index contributed by atoms with van der Waals surface area (Å²) in [5, 5.41) is 4.17. The lowest BCUT2D eigenvalue weighted by atomic mass is 9.92. The minimum atomic E-state index is -0.103. The third-order valence-corrected chi connectivity index (χ3v) is 5.33. The van der Waals surface area contributed by atoms with Crippen molar-refractivity contribution >= 4 is 5.91 Å². The average Bonchev–Trinajstić information content (AvgIpc) is 3.26. The molecule has 1 fully saturated rings. The quantitative estimate of drug-likeness (QED) is 0.672. The molecular weight excluding hydrogens is 352 g/mol. The van der Waals surface area contributed by atoms with Crippen LogP contribution in [0.5, 0.6) is 0 Å². The Morgan fingerprint density at radius 1 is 1.21 bits per heavy atom. The lowest BCUT2D eigenvalue weighted by molar-refractivity contribution is -0.134. The van der Waals surface area contributed by atoms with Gasteiger partial charge in [-0.15, -0.1) is 0 Å². The normalized spacial score (nSPS) is 18.0. The molecule has 0 N–H and O–H groups in total. The predicted octanol–water partition coefficient (Wildman–Crippen LogP) is 4.03. The molecule has 6 nitrogen and oxygen atoms in total. The number of carbonyl (C=O) groups is 1. The molecule has 0 bridgehead atoms. The van der Waals surface area contributed by atoms with Gasteiger partial charge >= 0.3 is 0 Å². The van der Waals surface area contributed by atoms with Gasteiger partial charge in [-0.1, -0.05) is 48.5 Å². The molecule has 28 heavy (non-hydrogen) atoms. The van der Waals surface area contributed by atoms with E-state index in [1.54, 1.807) is 6.20 Å². The van der Waals surface area contributed by atoms with Crippen molar-refractivity contribution in [3.05, 3.63) is 66.1 Å². The molecule has 3 aromatic rings. The van der Waals surface area contributed by atoms with E-state index < -0.39 is 0 Å². The van der Waals surface area contributed by atoms with E-state index in [0.29, 0.717) is 24.0 Å². The van der Waals surface area contributed by atoms with Crippen LogP contribution in [0.4, 0.5) is 0 Å². The van der Waals surface area contributed by atoms with E-state index in [0.717, 1.165) is 31.4 Å². The van der Waals surface area contributed by atoms with Gasteiger partial charge in [-0.25, -0.2) is 0 Å². The molecule has 0 aliphatic carbocycles. The minimum Gasteiger partial charge on any atom is -0.341 e. The Balaban J connectivity index is 1.49. The second-order valence-corrected chi connectivity index (χ2v) is 7.17. The van der Waals surface area contributed by atoms with Gasteiger partial charge in [0, 0.05) is 25.2 Å². The molecule has 0 saturated carbocycles. The smallest absolute Gasteiger partial charge is 0.276 e. The molecule has 0 radical (unpaired) electrons. The van der Waals surface area contributed by atoms with Crippen molar-refractivity contribution in [2.45, 2.75) is 38.0 Å². The number of aromatic nitrogens is 3. The summed E-state index contributed by atoms with van der Waals surface area (Å²) in [4.78, 5) is 24.0. The summed E-state index contributed by atoms with van der Waals surface area (Å²) in [7, 11) is 0. The number of hydrogen-bond acceptors (Lipinski definition) is 5. The van der Waals surface area contributed by atoms with Crippen LogP contribution in [0.2, 0.25) is 0 Å². The van der Waals surface area contributed by atoms with Crippen LogP contribution in [-0.4, -0.2) is 39.0 Å². The van der Waals surface area contributed by atoms with Crippen molar-refractivity contribution in [2.75, 3.05) is 13.1 Å². The fraction of sp³-hybridized carbons (Fsp3) is 0.364. The summed E-state index contributed by atoms with van der Waals surface area (Å²) in [6.45, 7) is 3.47. The van der Waals surface area contributed by atoms with E-state index in [1.807, 2.05) is 53.4 Å². The molecule has 3 heterocycles. The largest absolute Gasteiger partial charge is 0.341 e. The summed E-state index contributed by atoms with van der Waals surface area (Å²) >= 11 is 0. The fourth-order valence-electron chi connectivity index (χ4n) is 3.84. The lowest BCUT2D eigenvalue weighted by Gasteiger charge is -2.33. The van der Waals surface area contributed by atoms with Gasteiger partial charge in [0.05, 0.1) is 5.92 Å². The number of carbonyl (C=O) groups excluding carboxylic acids is 1. The molecular formula is C22H24N4O2. The van der Waals surface area contributed by atoms with Crippen molar-refractivity contribution in [1.29, 1.82) is 0 Å². The summed E-state index contributed by atoms with van der Waals surface area (Å²) in [5.41, 5.74) is 1.74. The fourth-order valence-corrected chi connectivity index (χ4v) is 3.84. The Morgan fingerprint density at radius 2 is 2.04 bits per heavy atom. The van der Waals surface area contributed by atoms with Crippen molar-refractivity contribution in [2.24, 2.45) is 0 Å². The van der Waals surface area contributed by atoms with E-state index in [2.05, 4.69) is 22.0 Å². The van der Waals surface area contributed by atoms with Crippen molar-refractivity contribution in [1.82, 2.24) is 20.0 Å². The third kappa shape index (κ3) is 3.81. The predicted molar refractivity (Wildman–Crippen MR) is 106 cm³/mol.